The third-order valence-electron chi connectivity index (χ3n) is 4.77. The predicted octanol–water partition coefficient (Wildman–Crippen LogP) is 6.00. The Kier molecular flexibility index (Phi) is 10.4. The number of hydrogen-bond donors (Lipinski definition) is 0. The Labute approximate surface area is 139 Å². The molecule has 0 bridgehead atoms. The van der Waals surface area contributed by atoms with Crippen molar-refractivity contribution < 1.29 is 0 Å². The Morgan fingerprint density at radius 2 is 1.09 bits per heavy atom. The SMILES string of the molecule is CCCCCCCCN1C=CN(CCCCCC)C1C(C)C. The van der Waals surface area contributed by atoms with Crippen molar-refractivity contribution in [2.75, 3.05) is 13.1 Å². The quantitative estimate of drug-likeness (QED) is 0.385. The van der Waals surface area contributed by atoms with Gasteiger partial charge in [-0.05, 0) is 18.8 Å². The van der Waals surface area contributed by atoms with Crippen molar-refractivity contribution in [2.45, 2.75) is 98.1 Å². The third kappa shape index (κ3) is 7.07. The molecule has 1 rings (SSSR count). The molecule has 0 aromatic rings. The smallest absolute Gasteiger partial charge is 0.103 e. The number of hydrogen-bond acceptors (Lipinski definition) is 2. The lowest BCUT2D eigenvalue weighted by molar-refractivity contribution is 0.104. The van der Waals surface area contributed by atoms with Crippen LogP contribution < -0.4 is 0 Å². The van der Waals surface area contributed by atoms with E-state index >= 15 is 0 Å². The first-order chi connectivity index (χ1) is 10.7. The van der Waals surface area contributed by atoms with E-state index in [1.54, 1.807) is 0 Å². The topological polar surface area (TPSA) is 6.48 Å². The summed E-state index contributed by atoms with van der Waals surface area (Å²) in [6.07, 6.45) is 19.0. The van der Waals surface area contributed by atoms with Crippen LogP contribution >= 0.6 is 0 Å². The summed E-state index contributed by atoms with van der Waals surface area (Å²) in [5.41, 5.74) is 0. The molecule has 0 radical (unpaired) electrons. The van der Waals surface area contributed by atoms with Crippen LogP contribution in [0.15, 0.2) is 12.4 Å². The van der Waals surface area contributed by atoms with Crippen LogP contribution in [0.2, 0.25) is 0 Å². The summed E-state index contributed by atoms with van der Waals surface area (Å²) in [6, 6.07) is 0. The fourth-order valence-corrected chi connectivity index (χ4v) is 3.51. The summed E-state index contributed by atoms with van der Waals surface area (Å²) < 4.78 is 0. The lowest BCUT2D eigenvalue weighted by Gasteiger charge is -2.36. The van der Waals surface area contributed by atoms with Crippen LogP contribution in [-0.4, -0.2) is 29.1 Å². The van der Waals surface area contributed by atoms with Crippen molar-refractivity contribution in [3.8, 4) is 0 Å². The maximum atomic E-state index is 2.59. The van der Waals surface area contributed by atoms with Crippen molar-refractivity contribution in [3.63, 3.8) is 0 Å². The monoisotopic (exact) mass is 308 g/mol. The molecule has 0 saturated carbocycles. The average molecular weight is 309 g/mol. The van der Waals surface area contributed by atoms with Crippen LogP contribution in [-0.2, 0) is 0 Å². The molecule has 0 fully saturated rings. The molecule has 1 heterocycles. The molecule has 1 aliphatic heterocycles. The number of rotatable bonds is 13. The molecule has 0 aromatic carbocycles. The van der Waals surface area contributed by atoms with Gasteiger partial charge >= 0.3 is 0 Å². The third-order valence-corrected chi connectivity index (χ3v) is 4.77. The van der Waals surface area contributed by atoms with Crippen LogP contribution in [0, 0.1) is 5.92 Å². The van der Waals surface area contributed by atoms with Gasteiger partial charge in [0, 0.05) is 25.5 Å². The Hall–Kier alpha value is -0.660. The van der Waals surface area contributed by atoms with Gasteiger partial charge in [0.1, 0.15) is 6.17 Å². The van der Waals surface area contributed by atoms with Gasteiger partial charge in [0.2, 0.25) is 0 Å². The standard InChI is InChI=1S/C20H40N2/c1-5-7-9-11-12-14-16-22-18-17-21(20(22)19(3)4)15-13-10-8-6-2/h17-20H,5-16H2,1-4H3. The minimum absolute atomic E-state index is 0.595. The lowest BCUT2D eigenvalue weighted by atomic mass is 10.1. The highest BCUT2D eigenvalue weighted by molar-refractivity contribution is 4.98. The first-order valence-electron chi connectivity index (χ1n) is 9.90. The predicted molar refractivity (Wildman–Crippen MR) is 98.7 cm³/mol. The molecular formula is C20H40N2. The molecule has 0 aromatic heterocycles. The van der Waals surface area contributed by atoms with Gasteiger partial charge in [0.05, 0.1) is 0 Å². The van der Waals surface area contributed by atoms with Crippen molar-refractivity contribution in [1.29, 1.82) is 0 Å². The van der Waals surface area contributed by atoms with Gasteiger partial charge in [-0.1, -0.05) is 79.1 Å². The molecule has 0 N–H and O–H groups in total. The van der Waals surface area contributed by atoms with Crippen LogP contribution in [0.1, 0.15) is 91.9 Å². The van der Waals surface area contributed by atoms with E-state index in [0.29, 0.717) is 12.1 Å². The summed E-state index contributed by atoms with van der Waals surface area (Å²) in [6.45, 7) is 11.8. The van der Waals surface area contributed by atoms with Crippen LogP contribution in [0.3, 0.4) is 0 Å². The molecule has 0 aliphatic carbocycles. The Morgan fingerprint density at radius 3 is 1.55 bits per heavy atom. The second-order valence-electron chi connectivity index (χ2n) is 7.26. The minimum atomic E-state index is 0.595. The van der Waals surface area contributed by atoms with E-state index in [0.717, 1.165) is 0 Å². The molecule has 1 unspecified atom stereocenters. The summed E-state index contributed by atoms with van der Waals surface area (Å²) in [4.78, 5) is 5.17. The molecule has 1 aliphatic rings. The highest BCUT2D eigenvalue weighted by Gasteiger charge is 2.27. The molecule has 1 atom stereocenters. The highest BCUT2D eigenvalue weighted by atomic mass is 15.4. The fourth-order valence-electron chi connectivity index (χ4n) is 3.51. The zero-order chi connectivity index (χ0) is 16.2. The first-order valence-corrected chi connectivity index (χ1v) is 9.90. The maximum Gasteiger partial charge on any atom is 0.103 e. The largest absolute Gasteiger partial charge is 0.356 e. The van der Waals surface area contributed by atoms with Gasteiger partial charge in [-0.15, -0.1) is 0 Å². The van der Waals surface area contributed by atoms with Gasteiger partial charge in [-0.3, -0.25) is 0 Å². The van der Waals surface area contributed by atoms with E-state index in [4.69, 9.17) is 0 Å². The van der Waals surface area contributed by atoms with E-state index < -0.39 is 0 Å². The minimum Gasteiger partial charge on any atom is -0.356 e. The van der Waals surface area contributed by atoms with Gasteiger partial charge in [0.25, 0.3) is 0 Å². The second-order valence-corrected chi connectivity index (χ2v) is 7.26. The van der Waals surface area contributed by atoms with E-state index in [2.05, 4.69) is 49.9 Å². The summed E-state index contributed by atoms with van der Waals surface area (Å²) >= 11 is 0. The lowest BCUT2D eigenvalue weighted by Crippen LogP contribution is -2.43. The normalized spacial score (nSPS) is 18.0. The van der Waals surface area contributed by atoms with Crippen molar-refractivity contribution in [1.82, 2.24) is 9.80 Å². The van der Waals surface area contributed by atoms with Crippen LogP contribution in [0.5, 0.6) is 0 Å². The second kappa shape index (κ2) is 11.8. The zero-order valence-electron chi connectivity index (χ0n) is 15.7. The molecule has 22 heavy (non-hydrogen) atoms. The van der Waals surface area contributed by atoms with Gasteiger partial charge in [-0.25, -0.2) is 0 Å². The van der Waals surface area contributed by atoms with E-state index in [-0.39, 0.29) is 0 Å². The number of unbranched alkanes of at least 4 members (excludes halogenated alkanes) is 8. The summed E-state index contributed by atoms with van der Waals surface area (Å²) in [5, 5.41) is 0. The van der Waals surface area contributed by atoms with E-state index in [1.807, 2.05) is 0 Å². The molecule has 130 valence electrons. The van der Waals surface area contributed by atoms with Crippen molar-refractivity contribution >= 4 is 0 Å². The summed E-state index contributed by atoms with van der Waals surface area (Å²) in [5.74, 6) is 0.696. The van der Waals surface area contributed by atoms with Crippen molar-refractivity contribution in [3.05, 3.63) is 12.4 Å². The van der Waals surface area contributed by atoms with Crippen LogP contribution in [0.4, 0.5) is 0 Å². The fraction of sp³-hybridized carbons (Fsp3) is 0.900. The Balaban J connectivity index is 2.27. The Morgan fingerprint density at radius 1 is 0.682 bits per heavy atom. The maximum absolute atomic E-state index is 2.59. The van der Waals surface area contributed by atoms with Gasteiger partial charge in [-0.2, -0.15) is 0 Å². The molecule has 0 spiro atoms. The van der Waals surface area contributed by atoms with Crippen LogP contribution in [0.25, 0.3) is 0 Å². The van der Waals surface area contributed by atoms with E-state index in [1.165, 1.54) is 77.3 Å². The average Bonchev–Trinajstić information content (AvgIpc) is 2.90. The molecular weight excluding hydrogens is 268 g/mol. The first kappa shape index (κ1) is 19.4. The molecule has 2 nitrogen and oxygen atoms in total. The molecule has 2 heteroatoms. The van der Waals surface area contributed by atoms with E-state index in [9.17, 15) is 0 Å². The number of nitrogens with zero attached hydrogens (tertiary/aromatic N) is 2. The Bertz CT molecular complexity index is 285. The van der Waals surface area contributed by atoms with Gasteiger partial charge < -0.3 is 9.80 Å². The molecule has 0 saturated heterocycles. The summed E-state index contributed by atoms with van der Waals surface area (Å²) in [7, 11) is 0. The zero-order valence-corrected chi connectivity index (χ0v) is 15.7. The highest BCUT2D eigenvalue weighted by Crippen LogP contribution is 2.24. The van der Waals surface area contributed by atoms with Crippen molar-refractivity contribution in [2.24, 2.45) is 5.92 Å². The molecule has 0 amide bonds. The van der Waals surface area contributed by atoms with Gasteiger partial charge in [0.15, 0.2) is 0 Å².